The number of β-amino-alcohol motifs (C(OH)–C–C–N with tert-alkyl or cyclic N) is 1. The van der Waals surface area contributed by atoms with Crippen LogP contribution < -0.4 is 0 Å². The third-order valence-corrected chi connectivity index (χ3v) is 7.05. The number of carboxylic acid groups (broad SMARTS) is 1. The first-order valence-corrected chi connectivity index (χ1v) is 14.3. The summed E-state index contributed by atoms with van der Waals surface area (Å²) in [5.74, 6) is -0.941. The molecule has 6 nitrogen and oxygen atoms in total. The summed E-state index contributed by atoms with van der Waals surface area (Å²) < 4.78 is 5.89. The summed E-state index contributed by atoms with van der Waals surface area (Å²) >= 11 is 0. The van der Waals surface area contributed by atoms with Crippen LogP contribution in [0, 0.1) is 0 Å². The highest BCUT2D eigenvalue weighted by atomic mass is 16.5. The van der Waals surface area contributed by atoms with E-state index in [0.29, 0.717) is 25.9 Å². The SMILES string of the molecule is CCCCCCCCC(CCCCCCCC)OC(=O)CCCCCN1CC(O)C[C@H]1C(=O)O. The summed E-state index contributed by atoms with van der Waals surface area (Å²) in [4.78, 5) is 25.6. The lowest BCUT2D eigenvalue weighted by Crippen LogP contribution is -2.36. The fourth-order valence-corrected chi connectivity index (χ4v) is 4.96. The molecule has 2 atom stereocenters. The van der Waals surface area contributed by atoms with E-state index in [2.05, 4.69) is 13.8 Å². The average molecular weight is 484 g/mol. The third-order valence-electron chi connectivity index (χ3n) is 7.05. The Balaban J connectivity index is 2.25. The number of ether oxygens (including phenoxy) is 1. The van der Waals surface area contributed by atoms with Crippen LogP contribution in [-0.2, 0) is 14.3 Å². The van der Waals surface area contributed by atoms with Crippen molar-refractivity contribution in [1.29, 1.82) is 0 Å². The van der Waals surface area contributed by atoms with Crippen LogP contribution in [0.1, 0.15) is 136 Å². The molecular formula is C28H53NO5. The highest BCUT2D eigenvalue weighted by Crippen LogP contribution is 2.20. The number of esters is 1. The van der Waals surface area contributed by atoms with Crippen LogP contribution in [0.5, 0.6) is 0 Å². The topological polar surface area (TPSA) is 87.1 Å². The minimum absolute atomic E-state index is 0.0623. The van der Waals surface area contributed by atoms with Gasteiger partial charge in [-0.25, -0.2) is 0 Å². The monoisotopic (exact) mass is 483 g/mol. The van der Waals surface area contributed by atoms with Gasteiger partial charge in [0.25, 0.3) is 0 Å². The number of aliphatic hydroxyl groups excluding tert-OH is 1. The first-order valence-electron chi connectivity index (χ1n) is 14.3. The van der Waals surface area contributed by atoms with Gasteiger partial charge in [-0.3, -0.25) is 14.5 Å². The number of carboxylic acids is 1. The van der Waals surface area contributed by atoms with Crippen LogP contribution in [-0.4, -0.2) is 58.4 Å². The van der Waals surface area contributed by atoms with Crippen LogP contribution in [0.15, 0.2) is 0 Å². The molecule has 0 aromatic heterocycles. The van der Waals surface area contributed by atoms with E-state index in [4.69, 9.17) is 4.74 Å². The quantitative estimate of drug-likeness (QED) is 0.135. The Kier molecular flexibility index (Phi) is 18.3. The predicted molar refractivity (Wildman–Crippen MR) is 138 cm³/mol. The normalized spacial score (nSPS) is 18.6. The van der Waals surface area contributed by atoms with Gasteiger partial charge in [0, 0.05) is 19.4 Å². The Hall–Kier alpha value is -1.14. The fourth-order valence-electron chi connectivity index (χ4n) is 4.96. The number of aliphatic carboxylic acids is 1. The molecule has 0 aromatic carbocycles. The minimum atomic E-state index is -0.859. The maximum atomic E-state index is 12.5. The van der Waals surface area contributed by atoms with E-state index in [0.717, 1.165) is 44.9 Å². The maximum Gasteiger partial charge on any atom is 0.321 e. The van der Waals surface area contributed by atoms with Crippen molar-refractivity contribution in [2.45, 2.75) is 154 Å². The van der Waals surface area contributed by atoms with Crippen molar-refractivity contribution in [3.8, 4) is 0 Å². The highest BCUT2D eigenvalue weighted by Gasteiger charge is 2.35. The predicted octanol–water partition coefficient (Wildman–Crippen LogP) is 6.48. The molecule has 2 N–H and O–H groups in total. The van der Waals surface area contributed by atoms with Gasteiger partial charge in [0.1, 0.15) is 12.1 Å². The van der Waals surface area contributed by atoms with E-state index >= 15 is 0 Å². The first-order chi connectivity index (χ1) is 16.5. The zero-order valence-corrected chi connectivity index (χ0v) is 22.1. The van der Waals surface area contributed by atoms with Crippen molar-refractivity contribution in [1.82, 2.24) is 4.90 Å². The summed E-state index contributed by atoms with van der Waals surface area (Å²) in [5, 5.41) is 19.0. The van der Waals surface area contributed by atoms with Gasteiger partial charge in [-0.05, 0) is 45.1 Å². The second-order valence-electron chi connectivity index (χ2n) is 10.3. The molecule has 200 valence electrons. The zero-order chi connectivity index (χ0) is 25.0. The molecule has 0 radical (unpaired) electrons. The van der Waals surface area contributed by atoms with Crippen molar-refractivity contribution >= 4 is 11.9 Å². The Labute approximate surface area is 208 Å². The molecular weight excluding hydrogens is 430 g/mol. The summed E-state index contributed by atoms with van der Waals surface area (Å²) in [6, 6.07) is -0.579. The average Bonchev–Trinajstić information content (AvgIpc) is 3.18. The largest absolute Gasteiger partial charge is 0.480 e. The van der Waals surface area contributed by atoms with E-state index in [-0.39, 0.29) is 12.1 Å². The highest BCUT2D eigenvalue weighted by molar-refractivity contribution is 5.74. The number of hydrogen-bond donors (Lipinski definition) is 2. The molecule has 0 aromatic rings. The van der Waals surface area contributed by atoms with Crippen molar-refractivity contribution in [3.05, 3.63) is 0 Å². The second-order valence-corrected chi connectivity index (χ2v) is 10.3. The van der Waals surface area contributed by atoms with Crippen LogP contribution >= 0.6 is 0 Å². The molecule has 0 spiro atoms. The van der Waals surface area contributed by atoms with Crippen LogP contribution in [0.4, 0.5) is 0 Å². The van der Waals surface area contributed by atoms with Gasteiger partial charge < -0.3 is 14.9 Å². The van der Waals surface area contributed by atoms with Gasteiger partial charge in [-0.2, -0.15) is 0 Å². The van der Waals surface area contributed by atoms with E-state index in [9.17, 15) is 19.8 Å². The van der Waals surface area contributed by atoms with E-state index in [1.54, 1.807) is 0 Å². The molecule has 0 saturated carbocycles. The zero-order valence-electron chi connectivity index (χ0n) is 22.1. The number of carbonyl (C=O) groups is 2. The van der Waals surface area contributed by atoms with Gasteiger partial charge in [0.15, 0.2) is 0 Å². The van der Waals surface area contributed by atoms with Crippen molar-refractivity contribution < 1.29 is 24.5 Å². The molecule has 1 aliphatic rings. The summed E-state index contributed by atoms with van der Waals surface area (Å²) in [6.07, 6.45) is 19.8. The fraction of sp³-hybridized carbons (Fsp3) is 0.929. The Morgan fingerprint density at radius 3 is 1.91 bits per heavy atom. The molecule has 1 fully saturated rings. The van der Waals surface area contributed by atoms with Gasteiger partial charge in [0.05, 0.1) is 6.10 Å². The first kappa shape index (κ1) is 30.9. The standard InChI is InChI=1S/C28H53NO5/c1-3-5-7-9-11-14-18-25(19-15-12-10-8-6-4-2)34-27(31)20-16-13-17-21-29-23-24(30)22-26(29)28(32)33/h24-26,30H,3-23H2,1-2H3,(H,32,33)/t24?,26-/m0/s1. The smallest absolute Gasteiger partial charge is 0.321 e. The lowest BCUT2D eigenvalue weighted by Gasteiger charge is -2.20. The van der Waals surface area contributed by atoms with E-state index in [1.807, 2.05) is 4.90 Å². The Bertz CT molecular complexity index is 511. The van der Waals surface area contributed by atoms with Gasteiger partial charge in [0.2, 0.25) is 0 Å². The van der Waals surface area contributed by atoms with Crippen LogP contribution in [0.25, 0.3) is 0 Å². The van der Waals surface area contributed by atoms with Gasteiger partial charge in [-0.1, -0.05) is 84.5 Å². The lowest BCUT2D eigenvalue weighted by atomic mass is 10.0. The summed E-state index contributed by atoms with van der Waals surface area (Å²) in [7, 11) is 0. The molecule has 0 aliphatic carbocycles. The molecule has 1 saturated heterocycles. The number of likely N-dealkylation sites (tertiary alicyclic amines) is 1. The molecule has 6 heteroatoms. The Morgan fingerprint density at radius 2 is 1.35 bits per heavy atom. The number of rotatable bonds is 22. The summed E-state index contributed by atoms with van der Waals surface area (Å²) in [6.45, 7) is 5.55. The molecule has 0 amide bonds. The number of unbranched alkanes of at least 4 members (excludes halogenated alkanes) is 12. The van der Waals surface area contributed by atoms with Gasteiger partial charge >= 0.3 is 11.9 Å². The van der Waals surface area contributed by atoms with Crippen molar-refractivity contribution in [2.24, 2.45) is 0 Å². The van der Waals surface area contributed by atoms with E-state index in [1.165, 1.54) is 64.2 Å². The Morgan fingerprint density at radius 1 is 0.824 bits per heavy atom. The molecule has 1 unspecified atom stereocenters. The molecule has 34 heavy (non-hydrogen) atoms. The third kappa shape index (κ3) is 15.0. The van der Waals surface area contributed by atoms with Crippen LogP contribution in [0.2, 0.25) is 0 Å². The number of nitrogens with zero attached hydrogens (tertiary/aromatic N) is 1. The number of carbonyl (C=O) groups excluding carboxylic acids is 1. The molecule has 1 heterocycles. The lowest BCUT2D eigenvalue weighted by molar-refractivity contribution is -0.150. The summed E-state index contributed by atoms with van der Waals surface area (Å²) in [5.41, 5.74) is 0. The van der Waals surface area contributed by atoms with E-state index < -0.39 is 18.1 Å². The number of hydrogen-bond acceptors (Lipinski definition) is 5. The number of aliphatic hydroxyl groups is 1. The van der Waals surface area contributed by atoms with Crippen molar-refractivity contribution in [3.63, 3.8) is 0 Å². The minimum Gasteiger partial charge on any atom is -0.480 e. The molecule has 0 bridgehead atoms. The second kappa shape index (κ2) is 20.1. The van der Waals surface area contributed by atoms with Crippen molar-refractivity contribution in [2.75, 3.05) is 13.1 Å². The molecule has 1 rings (SSSR count). The molecule has 1 aliphatic heterocycles. The van der Waals surface area contributed by atoms with Crippen LogP contribution in [0.3, 0.4) is 0 Å². The maximum absolute atomic E-state index is 12.5. The van der Waals surface area contributed by atoms with Gasteiger partial charge in [-0.15, -0.1) is 0 Å².